The van der Waals surface area contributed by atoms with Crippen LogP contribution in [0.4, 0.5) is 5.82 Å². The van der Waals surface area contributed by atoms with Gasteiger partial charge in [0.1, 0.15) is 23.0 Å². The quantitative estimate of drug-likeness (QED) is 0.827. The third kappa shape index (κ3) is 4.89. The molecule has 0 saturated carbocycles. The summed E-state index contributed by atoms with van der Waals surface area (Å²) in [6, 6.07) is 9.16. The molecule has 6 nitrogen and oxygen atoms in total. The standard InChI is InChI=1S/C15H17ClN4O2/c1-20(2)15(21)9-22-12-5-3-11(4-6-12)8-17-14-7-13(16)18-10-19-14/h3-7,10H,8-9H2,1-2H3,(H,17,18,19). The zero-order valence-electron chi connectivity index (χ0n) is 12.4. The minimum Gasteiger partial charge on any atom is -0.484 e. The fourth-order valence-electron chi connectivity index (χ4n) is 1.60. The Kier molecular flexibility index (Phi) is 5.55. The number of carbonyl (C=O) groups is 1. The summed E-state index contributed by atoms with van der Waals surface area (Å²) in [5.74, 6) is 1.24. The molecule has 0 fully saturated rings. The second-order valence-electron chi connectivity index (χ2n) is 4.80. The van der Waals surface area contributed by atoms with Crippen molar-refractivity contribution in [2.45, 2.75) is 6.54 Å². The van der Waals surface area contributed by atoms with Gasteiger partial charge in [-0.3, -0.25) is 4.79 Å². The molecule has 1 aromatic heterocycles. The normalized spacial score (nSPS) is 10.1. The first-order valence-corrected chi connectivity index (χ1v) is 7.05. The lowest BCUT2D eigenvalue weighted by Crippen LogP contribution is -2.27. The van der Waals surface area contributed by atoms with Crippen LogP contribution in [0.5, 0.6) is 5.75 Å². The maximum Gasteiger partial charge on any atom is 0.259 e. The number of rotatable bonds is 6. The average Bonchev–Trinajstić information content (AvgIpc) is 2.51. The van der Waals surface area contributed by atoms with Gasteiger partial charge in [0.05, 0.1) is 0 Å². The van der Waals surface area contributed by atoms with Crippen molar-refractivity contribution >= 4 is 23.3 Å². The molecule has 0 bridgehead atoms. The van der Waals surface area contributed by atoms with Crippen LogP contribution in [0.1, 0.15) is 5.56 Å². The van der Waals surface area contributed by atoms with Gasteiger partial charge in [0.15, 0.2) is 6.61 Å². The first-order valence-electron chi connectivity index (χ1n) is 6.68. The Morgan fingerprint density at radius 1 is 1.27 bits per heavy atom. The van der Waals surface area contributed by atoms with Gasteiger partial charge in [-0.1, -0.05) is 23.7 Å². The second kappa shape index (κ2) is 7.61. The van der Waals surface area contributed by atoms with Crippen LogP contribution in [0, 0.1) is 0 Å². The molecular formula is C15H17ClN4O2. The SMILES string of the molecule is CN(C)C(=O)COc1ccc(CNc2cc(Cl)ncn2)cc1. The van der Waals surface area contributed by atoms with Gasteiger partial charge in [0, 0.05) is 26.7 Å². The Labute approximate surface area is 134 Å². The van der Waals surface area contributed by atoms with E-state index in [0.717, 1.165) is 5.56 Å². The van der Waals surface area contributed by atoms with E-state index < -0.39 is 0 Å². The van der Waals surface area contributed by atoms with Crippen LogP contribution in [0.25, 0.3) is 0 Å². The molecule has 0 atom stereocenters. The fraction of sp³-hybridized carbons (Fsp3) is 0.267. The predicted octanol–water partition coefficient (Wildman–Crippen LogP) is 2.21. The monoisotopic (exact) mass is 320 g/mol. The minimum absolute atomic E-state index is 0.0318. The summed E-state index contributed by atoms with van der Waals surface area (Å²) >= 11 is 5.79. The Morgan fingerprint density at radius 2 is 2.00 bits per heavy atom. The van der Waals surface area contributed by atoms with Crippen LogP contribution in [0.2, 0.25) is 5.15 Å². The maximum absolute atomic E-state index is 11.4. The molecular weight excluding hydrogens is 304 g/mol. The number of halogens is 1. The van der Waals surface area contributed by atoms with E-state index in [1.165, 1.54) is 11.2 Å². The topological polar surface area (TPSA) is 67.3 Å². The smallest absolute Gasteiger partial charge is 0.259 e. The van der Waals surface area contributed by atoms with Crippen molar-refractivity contribution in [3.05, 3.63) is 47.4 Å². The van der Waals surface area contributed by atoms with E-state index in [0.29, 0.717) is 23.3 Å². The first kappa shape index (κ1) is 16.0. The maximum atomic E-state index is 11.4. The van der Waals surface area contributed by atoms with E-state index in [-0.39, 0.29) is 12.5 Å². The van der Waals surface area contributed by atoms with Gasteiger partial charge in [0.2, 0.25) is 0 Å². The van der Waals surface area contributed by atoms with Crippen molar-refractivity contribution in [1.29, 1.82) is 0 Å². The molecule has 22 heavy (non-hydrogen) atoms. The Morgan fingerprint density at radius 3 is 2.64 bits per heavy atom. The highest BCUT2D eigenvalue weighted by atomic mass is 35.5. The number of hydrogen-bond acceptors (Lipinski definition) is 5. The van der Waals surface area contributed by atoms with Crippen LogP contribution >= 0.6 is 11.6 Å². The summed E-state index contributed by atoms with van der Waals surface area (Å²) < 4.78 is 5.41. The molecule has 1 N–H and O–H groups in total. The van der Waals surface area contributed by atoms with Crippen molar-refractivity contribution in [3.8, 4) is 5.75 Å². The zero-order valence-corrected chi connectivity index (χ0v) is 13.2. The van der Waals surface area contributed by atoms with E-state index in [4.69, 9.17) is 16.3 Å². The molecule has 0 unspecified atom stereocenters. The molecule has 0 radical (unpaired) electrons. The number of amides is 1. The lowest BCUT2D eigenvalue weighted by atomic mass is 10.2. The summed E-state index contributed by atoms with van der Waals surface area (Å²) in [6.07, 6.45) is 1.41. The summed E-state index contributed by atoms with van der Waals surface area (Å²) in [4.78, 5) is 20.8. The number of aromatic nitrogens is 2. The van der Waals surface area contributed by atoms with Gasteiger partial charge < -0.3 is 15.0 Å². The average molecular weight is 321 g/mol. The third-order valence-corrected chi connectivity index (χ3v) is 3.10. The number of benzene rings is 1. The molecule has 0 saturated heterocycles. The van der Waals surface area contributed by atoms with Crippen molar-refractivity contribution in [2.75, 3.05) is 26.0 Å². The van der Waals surface area contributed by atoms with E-state index in [2.05, 4.69) is 15.3 Å². The molecule has 1 amide bonds. The van der Waals surface area contributed by atoms with Crippen LogP contribution < -0.4 is 10.1 Å². The van der Waals surface area contributed by atoms with Crippen molar-refractivity contribution in [2.24, 2.45) is 0 Å². The van der Waals surface area contributed by atoms with Crippen LogP contribution in [0.3, 0.4) is 0 Å². The van der Waals surface area contributed by atoms with Gasteiger partial charge in [-0.05, 0) is 17.7 Å². The highest BCUT2D eigenvalue weighted by Crippen LogP contribution is 2.14. The number of carbonyl (C=O) groups excluding carboxylic acids is 1. The number of nitrogens with zero attached hydrogens (tertiary/aromatic N) is 3. The number of nitrogens with one attached hydrogen (secondary N) is 1. The Hall–Kier alpha value is -2.34. The zero-order chi connectivity index (χ0) is 15.9. The molecule has 2 aromatic rings. The highest BCUT2D eigenvalue weighted by molar-refractivity contribution is 6.29. The van der Waals surface area contributed by atoms with Gasteiger partial charge >= 0.3 is 0 Å². The largest absolute Gasteiger partial charge is 0.484 e. The predicted molar refractivity (Wildman–Crippen MR) is 85.0 cm³/mol. The van der Waals surface area contributed by atoms with Crippen LogP contribution in [0.15, 0.2) is 36.7 Å². The molecule has 1 aromatic carbocycles. The van der Waals surface area contributed by atoms with Gasteiger partial charge in [-0.25, -0.2) is 9.97 Å². The van der Waals surface area contributed by atoms with Crippen LogP contribution in [-0.2, 0) is 11.3 Å². The van der Waals surface area contributed by atoms with E-state index in [1.807, 2.05) is 24.3 Å². The van der Waals surface area contributed by atoms with Gasteiger partial charge in [-0.2, -0.15) is 0 Å². The Balaban J connectivity index is 1.85. The van der Waals surface area contributed by atoms with Crippen molar-refractivity contribution in [1.82, 2.24) is 14.9 Å². The number of anilines is 1. The summed E-state index contributed by atoms with van der Waals surface area (Å²) in [6.45, 7) is 0.633. The molecule has 0 aliphatic carbocycles. The molecule has 7 heteroatoms. The minimum atomic E-state index is -0.0774. The Bertz CT molecular complexity index is 632. The summed E-state index contributed by atoms with van der Waals surface area (Å²) in [7, 11) is 3.39. The first-order chi connectivity index (χ1) is 10.5. The van der Waals surface area contributed by atoms with E-state index in [1.54, 1.807) is 20.2 Å². The van der Waals surface area contributed by atoms with Crippen molar-refractivity contribution < 1.29 is 9.53 Å². The third-order valence-electron chi connectivity index (χ3n) is 2.89. The summed E-state index contributed by atoms with van der Waals surface area (Å²) in [5.41, 5.74) is 1.06. The lowest BCUT2D eigenvalue weighted by Gasteiger charge is -2.11. The van der Waals surface area contributed by atoms with E-state index in [9.17, 15) is 4.79 Å². The lowest BCUT2D eigenvalue weighted by molar-refractivity contribution is -0.130. The molecule has 0 spiro atoms. The van der Waals surface area contributed by atoms with Gasteiger partial charge in [-0.15, -0.1) is 0 Å². The molecule has 0 aliphatic rings. The molecule has 116 valence electrons. The molecule has 1 heterocycles. The second-order valence-corrected chi connectivity index (χ2v) is 5.19. The fourth-order valence-corrected chi connectivity index (χ4v) is 1.75. The molecule has 2 rings (SSSR count). The van der Waals surface area contributed by atoms with Gasteiger partial charge in [0.25, 0.3) is 5.91 Å². The molecule has 0 aliphatic heterocycles. The number of ether oxygens (including phenoxy) is 1. The number of likely N-dealkylation sites (N-methyl/N-ethyl adjacent to an activating group) is 1. The number of hydrogen-bond donors (Lipinski definition) is 1. The summed E-state index contributed by atoms with van der Waals surface area (Å²) in [5, 5.41) is 3.54. The highest BCUT2D eigenvalue weighted by Gasteiger charge is 2.04. The van der Waals surface area contributed by atoms with Crippen molar-refractivity contribution in [3.63, 3.8) is 0 Å². The van der Waals surface area contributed by atoms with Crippen LogP contribution in [-0.4, -0.2) is 41.5 Å². The van der Waals surface area contributed by atoms with E-state index >= 15 is 0 Å².